The second kappa shape index (κ2) is 8.26. The van der Waals surface area contributed by atoms with Crippen LogP contribution in [0.4, 0.5) is 16.0 Å². The molecule has 0 atom stereocenters. The zero-order valence-corrected chi connectivity index (χ0v) is 15.5. The van der Waals surface area contributed by atoms with Gasteiger partial charge in [0.05, 0.1) is 0 Å². The van der Waals surface area contributed by atoms with Crippen LogP contribution in [-0.2, 0) is 6.54 Å². The summed E-state index contributed by atoms with van der Waals surface area (Å²) in [5.41, 5.74) is 0.0389. The van der Waals surface area contributed by atoms with Crippen LogP contribution >= 0.6 is 0 Å². The van der Waals surface area contributed by atoms with Gasteiger partial charge in [0, 0.05) is 31.9 Å². The van der Waals surface area contributed by atoms with Crippen LogP contribution in [0.25, 0.3) is 0 Å². The SMILES string of the molecule is CCN(CC)CCNC(=O)c1nnc2n(c1=O)CCN2c1ccc(F)cc1. The Morgan fingerprint density at radius 2 is 1.89 bits per heavy atom. The van der Waals surface area contributed by atoms with Gasteiger partial charge in [-0.25, -0.2) is 4.39 Å². The smallest absolute Gasteiger partial charge is 0.286 e. The van der Waals surface area contributed by atoms with E-state index in [1.54, 1.807) is 17.0 Å². The summed E-state index contributed by atoms with van der Waals surface area (Å²) in [6.07, 6.45) is 0. The third-order valence-corrected chi connectivity index (χ3v) is 4.68. The lowest BCUT2D eigenvalue weighted by Crippen LogP contribution is -2.39. The fourth-order valence-corrected chi connectivity index (χ4v) is 3.07. The minimum Gasteiger partial charge on any atom is -0.349 e. The first kappa shape index (κ1) is 19.0. The number of hydrogen-bond donors (Lipinski definition) is 1. The van der Waals surface area contributed by atoms with Crippen LogP contribution in [0.3, 0.4) is 0 Å². The van der Waals surface area contributed by atoms with E-state index in [1.807, 2.05) is 0 Å². The lowest BCUT2D eigenvalue weighted by molar-refractivity contribution is 0.0940. The van der Waals surface area contributed by atoms with Crippen LogP contribution in [0, 0.1) is 5.82 Å². The highest BCUT2D eigenvalue weighted by Gasteiger charge is 2.27. The van der Waals surface area contributed by atoms with E-state index in [0.717, 1.165) is 13.1 Å². The Kier molecular flexibility index (Phi) is 5.80. The number of likely N-dealkylation sites (N-methyl/N-ethyl adjacent to an activating group) is 1. The number of benzene rings is 1. The Labute approximate surface area is 156 Å². The first-order valence-corrected chi connectivity index (χ1v) is 9.06. The molecule has 144 valence electrons. The van der Waals surface area contributed by atoms with Gasteiger partial charge in [-0.05, 0) is 37.4 Å². The molecule has 0 radical (unpaired) electrons. The average Bonchev–Trinajstić information content (AvgIpc) is 3.11. The summed E-state index contributed by atoms with van der Waals surface area (Å²) in [7, 11) is 0. The number of anilines is 2. The first-order valence-electron chi connectivity index (χ1n) is 9.06. The zero-order valence-electron chi connectivity index (χ0n) is 15.5. The molecule has 1 aromatic heterocycles. The summed E-state index contributed by atoms with van der Waals surface area (Å²) in [4.78, 5) is 28.9. The summed E-state index contributed by atoms with van der Waals surface area (Å²) in [5, 5.41) is 10.7. The summed E-state index contributed by atoms with van der Waals surface area (Å²) in [6, 6.07) is 5.93. The van der Waals surface area contributed by atoms with Gasteiger partial charge in [-0.15, -0.1) is 10.2 Å². The van der Waals surface area contributed by atoms with Crippen LogP contribution in [0.5, 0.6) is 0 Å². The topological polar surface area (TPSA) is 83.4 Å². The monoisotopic (exact) mass is 374 g/mol. The predicted molar refractivity (Wildman–Crippen MR) is 99.8 cm³/mol. The first-order chi connectivity index (χ1) is 13.0. The van der Waals surface area contributed by atoms with E-state index in [0.29, 0.717) is 37.8 Å². The number of rotatable bonds is 7. The van der Waals surface area contributed by atoms with E-state index in [2.05, 4.69) is 34.3 Å². The van der Waals surface area contributed by atoms with E-state index >= 15 is 0 Å². The van der Waals surface area contributed by atoms with Gasteiger partial charge in [0.1, 0.15) is 5.82 Å². The van der Waals surface area contributed by atoms with Crippen molar-refractivity contribution >= 4 is 17.5 Å². The number of nitrogens with one attached hydrogen (secondary N) is 1. The third-order valence-electron chi connectivity index (χ3n) is 4.68. The maximum Gasteiger partial charge on any atom is 0.286 e. The number of halogens is 1. The molecule has 0 saturated heterocycles. The zero-order chi connectivity index (χ0) is 19.4. The van der Waals surface area contributed by atoms with Crippen molar-refractivity contribution in [2.45, 2.75) is 20.4 Å². The van der Waals surface area contributed by atoms with Gasteiger partial charge in [0.15, 0.2) is 0 Å². The van der Waals surface area contributed by atoms with E-state index < -0.39 is 11.5 Å². The van der Waals surface area contributed by atoms with Crippen molar-refractivity contribution in [3.63, 3.8) is 0 Å². The van der Waals surface area contributed by atoms with Gasteiger partial charge >= 0.3 is 0 Å². The van der Waals surface area contributed by atoms with Crippen molar-refractivity contribution in [2.75, 3.05) is 37.6 Å². The molecule has 9 heteroatoms. The molecular formula is C18H23FN6O2. The van der Waals surface area contributed by atoms with E-state index in [9.17, 15) is 14.0 Å². The molecule has 0 bridgehead atoms. The molecule has 1 amide bonds. The molecule has 0 aliphatic carbocycles. The van der Waals surface area contributed by atoms with Crippen LogP contribution in [-0.4, -0.2) is 58.3 Å². The minimum absolute atomic E-state index is 0.209. The predicted octanol–water partition coefficient (Wildman–Crippen LogP) is 1.00. The number of amides is 1. The highest BCUT2D eigenvalue weighted by molar-refractivity contribution is 5.91. The van der Waals surface area contributed by atoms with Gasteiger partial charge in [0.2, 0.25) is 11.6 Å². The minimum atomic E-state index is -0.518. The molecule has 1 aliphatic rings. The van der Waals surface area contributed by atoms with Crippen molar-refractivity contribution in [1.29, 1.82) is 0 Å². The summed E-state index contributed by atoms with van der Waals surface area (Å²) in [5.74, 6) is -0.500. The van der Waals surface area contributed by atoms with Crippen molar-refractivity contribution in [3.8, 4) is 0 Å². The largest absolute Gasteiger partial charge is 0.349 e. The quantitative estimate of drug-likeness (QED) is 0.779. The molecule has 0 unspecified atom stereocenters. The van der Waals surface area contributed by atoms with Gasteiger partial charge in [-0.3, -0.25) is 14.2 Å². The van der Waals surface area contributed by atoms with Crippen LogP contribution in [0.1, 0.15) is 24.3 Å². The number of carbonyl (C=O) groups is 1. The fourth-order valence-electron chi connectivity index (χ4n) is 3.07. The second-order valence-electron chi connectivity index (χ2n) is 6.22. The van der Waals surface area contributed by atoms with Gasteiger partial charge < -0.3 is 15.1 Å². The van der Waals surface area contributed by atoms with E-state index in [-0.39, 0.29) is 11.5 Å². The molecule has 2 aromatic rings. The Morgan fingerprint density at radius 3 is 2.56 bits per heavy atom. The number of fused-ring (bicyclic) bond motifs is 1. The molecule has 27 heavy (non-hydrogen) atoms. The number of aromatic nitrogens is 3. The molecule has 1 aliphatic heterocycles. The van der Waals surface area contributed by atoms with E-state index in [1.165, 1.54) is 16.7 Å². The molecule has 0 fully saturated rings. The number of carbonyl (C=O) groups excluding carboxylic acids is 1. The average molecular weight is 374 g/mol. The van der Waals surface area contributed by atoms with Crippen molar-refractivity contribution < 1.29 is 9.18 Å². The van der Waals surface area contributed by atoms with Crippen LogP contribution in [0.15, 0.2) is 29.1 Å². The molecular weight excluding hydrogens is 351 g/mol. The Morgan fingerprint density at radius 1 is 1.19 bits per heavy atom. The number of nitrogens with zero attached hydrogens (tertiary/aromatic N) is 5. The number of hydrogen-bond acceptors (Lipinski definition) is 6. The summed E-state index contributed by atoms with van der Waals surface area (Å²) < 4.78 is 14.5. The van der Waals surface area contributed by atoms with Crippen molar-refractivity contribution in [3.05, 3.63) is 46.1 Å². The Bertz CT molecular complexity index is 863. The molecule has 2 heterocycles. The molecule has 0 saturated carbocycles. The standard InChI is InChI=1S/C18H23FN6O2/c1-3-23(4-2)10-9-20-16(26)15-17(27)25-12-11-24(18(25)22-21-15)14-7-5-13(19)6-8-14/h5-8H,3-4,9-12H2,1-2H3,(H,20,26). The van der Waals surface area contributed by atoms with Gasteiger partial charge in [-0.2, -0.15) is 0 Å². The van der Waals surface area contributed by atoms with Crippen molar-refractivity contribution in [2.24, 2.45) is 0 Å². The molecule has 0 spiro atoms. The second-order valence-corrected chi connectivity index (χ2v) is 6.22. The third kappa shape index (κ3) is 3.97. The van der Waals surface area contributed by atoms with Gasteiger partial charge in [0.25, 0.3) is 11.5 Å². The maximum atomic E-state index is 13.1. The Hall–Kier alpha value is -2.81. The summed E-state index contributed by atoms with van der Waals surface area (Å²) in [6.45, 7) is 7.93. The van der Waals surface area contributed by atoms with E-state index in [4.69, 9.17) is 0 Å². The highest BCUT2D eigenvalue weighted by Crippen LogP contribution is 2.26. The molecule has 8 nitrogen and oxygen atoms in total. The summed E-state index contributed by atoms with van der Waals surface area (Å²) >= 11 is 0. The van der Waals surface area contributed by atoms with Crippen molar-refractivity contribution in [1.82, 2.24) is 25.0 Å². The van der Waals surface area contributed by atoms with Crippen LogP contribution < -0.4 is 15.8 Å². The molecule has 1 aromatic carbocycles. The molecule has 1 N–H and O–H groups in total. The van der Waals surface area contributed by atoms with Crippen LogP contribution in [0.2, 0.25) is 0 Å². The highest BCUT2D eigenvalue weighted by atomic mass is 19.1. The lowest BCUT2D eigenvalue weighted by atomic mass is 10.3. The van der Waals surface area contributed by atoms with Gasteiger partial charge in [-0.1, -0.05) is 13.8 Å². The maximum absolute atomic E-state index is 13.1. The fraction of sp³-hybridized carbons (Fsp3) is 0.444. The normalized spacial score (nSPS) is 13.1. The Balaban J connectivity index is 1.74. The molecule has 3 rings (SSSR count). The lowest BCUT2D eigenvalue weighted by Gasteiger charge is -2.18.